The van der Waals surface area contributed by atoms with Gasteiger partial charge in [-0.2, -0.15) is 0 Å². The molecule has 0 fully saturated rings. The molecule has 0 aliphatic carbocycles. The summed E-state index contributed by atoms with van der Waals surface area (Å²) in [4.78, 5) is 2.06. The van der Waals surface area contributed by atoms with Crippen molar-refractivity contribution >= 4 is 71.5 Å². The van der Waals surface area contributed by atoms with Gasteiger partial charge < -0.3 is 0 Å². The zero-order chi connectivity index (χ0) is 15.6. The summed E-state index contributed by atoms with van der Waals surface area (Å²) in [6, 6.07) is 0.196. The maximum atomic E-state index is 15.8. The Morgan fingerprint density at radius 2 is 1.65 bits per heavy atom. The molecule has 0 saturated carbocycles. The number of rotatable bonds is 1. The van der Waals surface area contributed by atoms with Crippen LogP contribution in [0.4, 0.5) is 4.39 Å². The fourth-order valence-electron chi connectivity index (χ4n) is 3.85. The molecule has 0 spiro atoms. The molecule has 0 saturated heterocycles. The zero-order valence-electron chi connectivity index (χ0n) is 13.8. The molecule has 1 aromatic heterocycles. The maximum absolute atomic E-state index is 15.8. The zero-order valence-corrected chi connectivity index (χ0v) is 19.1. The monoisotopic (exact) mass is 416 g/mol. The van der Waals surface area contributed by atoms with Gasteiger partial charge in [0.05, 0.1) is 0 Å². The van der Waals surface area contributed by atoms with E-state index in [0.29, 0.717) is 49.0 Å². The molecule has 0 bridgehead atoms. The van der Waals surface area contributed by atoms with Gasteiger partial charge in [-0.3, -0.25) is 0 Å². The van der Waals surface area contributed by atoms with Crippen LogP contribution in [0.2, 0.25) is 0 Å². The van der Waals surface area contributed by atoms with E-state index >= 15 is 4.39 Å². The Morgan fingerprint density at radius 1 is 1.20 bits per heavy atom. The summed E-state index contributed by atoms with van der Waals surface area (Å²) in [5.41, 5.74) is 4.52. The van der Waals surface area contributed by atoms with E-state index in [1.165, 1.54) is 11.3 Å². The molecule has 3 atom stereocenters. The van der Waals surface area contributed by atoms with Crippen LogP contribution in [0.3, 0.4) is 0 Å². The predicted octanol–water partition coefficient (Wildman–Crippen LogP) is 3.65. The number of fused-ring (bicyclic) bond motifs is 1. The van der Waals surface area contributed by atoms with E-state index in [2.05, 4.69) is 73.7 Å². The Morgan fingerprint density at radius 3 is 2.10 bits per heavy atom. The average molecular weight is 416 g/mol. The topological polar surface area (TPSA) is 8.17 Å². The third-order valence-corrected chi connectivity index (χ3v) is 10.6. The summed E-state index contributed by atoms with van der Waals surface area (Å²) in [5, 5.41) is 0. The third-order valence-electron chi connectivity index (χ3n) is 4.96. The summed E-state index contributed by atoms with van der Waals surface area (Å²) >= 11 is 3.05. The van der Waals surface area contributed by atoms with Gasteiger partial charge in [-0.05, 0) is 0 Å². The molecule has 20 heavy (non-hydrogen) atoms. The van der Waals surface area contributed by atoms with Crippen LogP contribution in [0.1, 0.15) is 50.2 Å². The van der Waals surface area contributed by atoms with Crippen LogP contribution in [0.25, 0.3) is 0 Å². The Kier molecular flexibility index (Phi) is 4.97. The molecule has 2 rings (SSSR count). The quantitative estimate of drug-likeness (QED) is 0.294. The van der Waals surface area contributed by atoms with Crippen molar-refractivity contribution < 1.29 is 4.39 Å². The minimum absolute atomic E-state index is 0.120. The fourth-order valence-corrected chi connectivity index (χ4v) is 6.72. The first-order chi connectivity index (χ1) is 8.95. The van der Waals surface area contributed by atoms with Crippen molar-refractivity contribution in [1.29, 1.82) is 0 Å². The normalized spacial score (nSPS) is 34.7. The molecule has 0 aromatic carbocycles. The molecule has 1 aliphatic rings. The third kappa shape index (κ3) is 2.34. The van der Waals surface area contributed by atoms with Crippen molar-refractivity contribution in [3.63, 3.8) is 0 Å². The van der Waals surface area contributed by atoms with E-state index < -0.39 is 5.79 Å². The molecule has 0 amide bonds. The van der Waals surface area contributed by atoms with Gasteiger partial charge in [0.1, 0.15) is 0 Å². The van der Waals surface area contributed by atoms with Crippen molar-refractivity contribution in [3.05, 3.63) is 22.5 Å². The molecule has 0 radical (unpaired) electrons. The van der Waals surface area contributed by atoms with Gasteiger partial charge in [-0.25, -0.2) is 0 Å². The second kappa shape index (κ2) is 5.56. The fraction of sp³-hybridized carbons (Fsp3) is 0.733. The van der Waals surface area contributed by atoms with Crippen LogP contribution < -0.4 is 0 Å². The van der Waals surface area contributed by atoms with E-state index in [0.717, 1.165) is 11.3 Å². The van der Waals surface area contributed by atoms with Crippen LogP contribution >= 0.6 is 22.6 Å². The van der Waals surface area contributed by atoms with Gasteiger partial charge in [0.2, 0.25) is 0 Å². The second-order valence-electron chi connectivity index (χ2n) is 6.99. The van der Waals surface area contributed by atoms with E-state index in [1.54, 1.807) is 6.92 Å². The Balaban J connectivity index is 2.85. The number of alkyl halides is 2. The van der Waals surface area contributed by atoms with E-state index in [9.17, 15) is 0 Å². The molecule has 5 heteroatoms. The molecular formula is C15H23FIKN2. The van der Waals surface area contributed by atoms with Crippen LogP contribution in [0.5, 0.6) is 0 Å². The molecule has 108 valence electrons. The summed E-state index contributed by atoms with van der Waals surface area (Å²) in [7, 11) is 2.06. The van der Waals surface area contributed by atoms with Crippen LogP contribution in [0, 0.1) is 13.8 Å². The molecule has 2 nitrogen and oxygen atoms in total. The van der Waals surface area contributed by atoms with Crippen LogP contribution in [-0.4, -0.2) is 68.5 Å². The van der Waals surface area contributed by atoms with E-state index in [4.69, 9.17) is 0 Å². The Hall–Kier alpha value is 1.54. The van der Waals surface area contributed by atoms with Gasteiger partial charge in [0.25, 0.3) is 0 Å². The van der Waals surface area contributed by atoms with Crippen molar-refractivity contribution in [2.75, 3.05) is 0 Å². The van der Waals surface area contributed by atoms with Crippen molar-refractivity contribution in [3.8, 4) is 0 Å². The Labute approximate surface area is 169 Å². The van der Waals surface area contributed by atoms with Gasteiger partial charge in [-0.1, -0.05) is 0 Å². The Bertz CT molecular complexity index is 549. The summed E-state index contributed by atoms with van der Waals surface area (Å²) in [6.45, 7) is 12.5. The summed E-state index contributed by atoms with van der Waals surface area (Å²) < 4.78 is 18.3. The number of hydrogen-bond donors (Lipinski definition) is 0. The molecule has 1 aromatic rings. The standard InChI is InChI=1S/C15H23FIN2.K/c1-8(2)19-14(17)9(3)12-10(4)18(7)11(5)13(12)15(19,6)16;/h8,14H,1-7H3;. The van der Waals surface area contributed by atoms with Crippen LogP contribution in [-0.2, 0) is 12.3 Å². The van der Waals surface area contributed by atoms with Crippen molar-refractivity contribution in [2.45, 2.75) is 56.9 Å². The first kappa shape index (κ1) is 17.9. The molecule has 2 heterocycles. The van der Waals surface area contributed by atoms with E-state index in [1.807, 2.05) is 0 Å². The summed E-state index contributed by atoms with van der Waals surface area (Å²) in [5.74, 6) is -1.39. The van der Waals surface area contributed by atoms with Gasteiger partial charge >= 0.3 is 172 Å². The van der Waals surface area contributed by atoms with Gasteiger partial charge in [0, 0.05) is 0 Å². The molecule has 1 aliphatic heterocycles. The number of nitrogens with zero attached hydrogens (tertiary/aromatic N) is 2. The number of hydrogen-bond acceptors (Lipinski definition) is 1. The number of aromatic nitrogens is 1. The van der Waals surface area contributed by atoms with Crippen LogP contribution in [0.15, 0.2) is 0 Å². The molecular weight excluding hydrogens is 393 g/mol. The van der Waals surface area contributed by atoms with Crippen molar-refractivity contribution in [1.82, 2.24) is 9.47 Å². The first-order valence-electron chi connectivity index (χ1n) is 7.24. The van der Waals surface area contributed by atoms with Crippen molar-refractivity contribution in [2.24, 2.45) is 7.05 Å². The molecule has 3 unspecified atom stereocenters. The van der Waals surface area contributed by atoms with Gasteiger partial charge in [0.15, 0.2) is 0 Å². The first-order valence-corrected chi connectivity index (χ1v) is 10.0. The van der Waals surface area contributed by atoms with E-state index in [-0.39, 0.29) is 9.60 Å². The minimum atomic E-state index is -1.39. The average Bonchev–Trinajstić information content (AvgIpc) is 2.52. The van der Waals surface area contributed by atoms with Gasteiger partial charge in [-0.15, -0.1) is 0 Å². The SMILES string of the molecule is Cc1c2c(c(C)n1C)C(C)(F)N(C(C)C)C(I)[C]2(C)[K]. The predicted molar refractivity (Wildman–Crippen MR) is 91.2 cm³/mol. The molecule has 0 N–H and O–H groups in total. The summed E-state index contributed by atoms with van der Waals surface area (Å²) in [6.07, 6.45) is 0. The number of halogens is 2. The second-order valence-corrected chi connectivity index (χ2v) is 11.4.